The number of rotatable bonds is 4. The van der Waals surface area contributed by atoms with Gasteiger partial charge in [0, 0.05) is 11.8 Å². The van der Waals surface area contributed by atoms with Crippen LogP contribution in [-0.4, -0.2) is 18.2 Å². The number of ketones is 1. The number of alkyl halides is 6. The van der Waals surface area contributed by atoms with E-state index in [4.69, 9.17) is 0 Å². The fourth-order valence-corrected chi connectivity index (χ4v) is 4.09. The largest absolute Gasteiger partial charge is 0.416 e. The van der Waals surface area contributed by atoms with E-state index >= 15 is 0 Å². The number of carbonyl (C=O) groups is 1. The van der Waals surface area contributed by atoms with Crippen LogP contribution in [0.4, 0.5) is 26.3 Å². The Morgan fingerprint density at radius 2 is 1.30 bits per heavy atom. The Morgan fingerprint density at radius 1 is 0.767 bits per heavy atom. The van der Waals surface area contributed by atoms with E-state index in [9.17, 15) is 39.6 Å². The number of hydrogen-bond acceptors (Lipinski definition) is 3. The van der Waals surface area contributed by atoms with Crippen LogP contribution in [-0.2, 0) is 22.4 Å². The predicted molar refractivity (Wildman–Crippen MR) is 93.3 cm³/mol. The van der Waals surface area contributed by atoms with Gasteiger partial charge in [-0.15, -0.1) is 0 Å². The number of nitrogens with zero attached hydrogens (tertiary/aromatic N) is 1. The average molecular weight is 447 g/mol. The molecule has 3 rings (SSSR count). The highest BCUT2D eigenvalue weighted by Gasteiger charge is 2.38. The molecule has 0 spiro atoms. The molecule has 2 aromatic carbocycles. The molecule has 3 aromatic rings. The lowest BCUT2D eigenvalue weighted by atomic mass is 10.1. The van der Waals surface area contributed by atoms with Gasteiger partial charge in [-0.05, 0) is 30.3 Å². The van der Waals surface area contributed by atoms with Gasteiger partial charge in [-0.1, -0.05) is 30.3 Å². The maximum Gasteiger partial charge on any atom is 0.416 e. The summed E-state index contributed by atoms with van der Waals surface area (Å²) in [5.74, 6) is -0.771. The maximum atomic E-state index is 13.1. The summed E-state index contributed by atoms with van der Waals surface area (Å²) in [5, 5.41) is 0. The zero-order valence-corrected chi connectivity index (χ0v) is 15.5. The molecule has 0 aliphatic heterocycles. The molecule has 0 radical (unpaired) electrons. The van der Waals surface area contributed by atoms with Crippen LogP contribution in [0.3, 0.4) is 0 Å². The molecule has 0 N–H and O–H groups in total. The highest BCUT2D eigenvalue weighted by Crippen LogP contribution is 2.37. The van der Waals surface area contributed by atoms with E-state index in [0.29, 0.717) is 3.97 Å². The van der Waals surface area contributed by atoms with Gasteiger partial charge in [0.1, 0.15) is 5.69 Å². The predicted octanol–water partition coefficient (Wildman–Crippen LogP) is 4.99. The van der Waals surface area contributed by atoms with Gasteiger partial charge >= 0.3 is 12.4 Å². The molecule has 0 aliphatic carbocycles. The van der Waals surface area contributed by atoms with Gasteiger partial charge < -0.3 is 0 Å². The molecule has 0 saturated heterocycles. The minimum atomic E-state index is -5.22. The second-order valence-corrected chi connectivity index (χ2v) is 7.95. The molecule has 4 nitrogen and oxygen atoms in total. The van der Waals surface area contributed by atoms with E-state index in [0.717, 1.165) is 18.3 Å². The van der Waals surface area contributed by atoms with E-state index in [1.165, 1.54) is 24.3 Å². The van der Waals surface area contributed by atoms with Crippen LogP contribution in [0, 0.1) is 0 Å². The molecule has 0 amide bonds. The summed E-state index contributed by atoms with van der Waals surface area (Å²) < 4.78 is 105. The van der Waals surface area contributed by atoms with Crippen LogP contribution in [0.1, 0.15) is 27.2 Å². The zero-order valence-electron chi connectivity index (χ0n) is 14.7. The van der Waals surface area contributed by atoms with Crippen LogP contribution in [0.15, 0.2) is 71.8 Å². The Morgan fingerprint density at radius 3 is 1.80 bits per heavy atom. The van der Waals surface area contributed by atoms with Crippen LogP contribution in [0.5, 0.6) is 0 Å². The Bertz CT molecular complexity index is 1160. The van der Waals surface area contributed by atoms with Gasteiger partial charge in [0.05, 0.1) is 16.0 Å². The molecule has 1 aromatic heterocycles. The molecule has 0 aliphatic rings. The summed E-state index contributed by atoms with van der Waals surface area (Å²) in [5.41, 5.74) is -3.90. The summed E-state index contributed by atoms with van der Waals surface area (Å²) in [6, 6.07) is 9.67. The van der Waals surface area contributed by atoms with Crippen LogP contribution in [0.2, 0.25) is 0 Å². The van der Waals surface area contributed by atoms with Gasteiger partial charge in [-0.2, -0.15) is 26.3 Å². The van der Waals surface area contributed by atoms with Crippen molar-refractivity contribution >= 4 is 15.8 Å². The smallest absolute Gasteiger partial charge is 0.287 e. The molecule has 0 fully saturated rings. The normalized spacial score (nSPS) is 12.7. The van der Waals surface area contributed by atoms with E-state index in [1.54, 1.807) is 6.07 Å². The third kappa shape index (κ3) is 4.11. The molecule has 30 heavy (non-hydrogen) atoms. The maximum absolute atomic E-state index is 13.1. The van der Waals surface area contributed by atoms with Crippen molar-refractivity contribution in [3.8, 4) is 0 Å². The summed E-state index contributed by atoms with van der Waals surface area (Å²) in [6.07, 6.45) is -9.56. The van der Waals surface area contributed by atoms with Crippen molar-refractivity contribution in [1.82, 2.24) is 3.97 Å². The molecule has 0 unspecified atom stereocenters. The highest BCUT2D eigenvalue weighted by molar-refractivity contribution is 7.90. The third-order valence-corrected chi connectivity index (χ3v) is 5.77. The van der Waals surface area contributed by atoms with Gasteiger partial charge in [-0.3, -0.25) is 4.79 Å². The first kappa shape index (κ1) is 21.6. The van der Waals surface area contributed by atoms with Crippen LogP contribution in [0.25, 0.3) is 0 Å². The van der Waals surface area contributed by atoms with E-state index in [2.05, 4.69) is 0 Å². The molecule has 11 heteroatoms. The Kier molecular flexibility index (Phi) is 5.27. The second kappa shape index (κ2) is 7.31. The van der Waals surface area contributed by atoms with Gasteiger partial charge in [0.2, 0.25) is 5.78 Å². The van der Waals surface area contributed by atoms with E-state index in [1.807, 2.05) is 0 Å². The molecule has 0 saturated carbocycles. The Labute approximate surface area is 166 Å². The highest BCUT2D eigenvalue weighted by atomic mass is 32.2. The Balaban J connectivity index is 2.18. The van der Waals surface area contributed by atoms with Gasteiger partial charge in [-0.25, -0.2) is 12.4 Å². The van der Waals surface area contributed by atoms with Crippen molar-refractivity contribution in [3.05, 3.63) is 89.2 Å². The van der Waals surface area contributed by atoms with Crippen LogP contribution < -0.4 is 0 Å². The standard InChI is InChI=1S/C19H11F6NO3S/c20-18(21,22)13-9-14(19(23,24)25)11-15(10-13)30(28,29)26-8-4-7-16(26)17(27)12-5-2-1-3-6-12/h1-11H. The number of halogens is 6. The fourth-order valence-electron chi connectivity index (χ4n) is 2.68. The number of hydrogen-bond donors (Lipinski definition) is 0. The van der Waals surface area contributed by atoms with Crippen molar-refractivity contribution in [1.29, 1.82) is 0 Å². The second-order valence-electron chi connectivity index (χ2n) is 6.13. The minimum Gasteiger partial charge on any atom is -0.287 e. The number of carbonyl (C=O) groups excluding carboxylic acids is 1. The Hall–Kier alpha value is -3.08. The number of benzene rings is 2. The van der Waals surface area contributed by atoms with E-state index < -0.39 is 49.9 Å². The lowest BCUT2D eigenvalue weighted by Gasteiger charge is -2.16. The first-order valence-electron chi connectivity index (χ1n) is 8.14. The topological polar surface area (TPSA) is 56.1 Å². The minimum absolute atomic E-state index is 0.0904. The monoisotopic (exact) mass is 447 g/mol. The molecule has 0 atom stereocenters. The first-order valence-corrected chi connectivity index (χ1v) is 9.58. The molecular formula is C19H11F6NO3S. The quantitative estimate of drug-likeness (QED) is 0.418. The number of aromatic nitrogens is 1. The summed E-state index contributed by atoms with van der Waals surface area (Å²) in [6.45, 7) is 0. The van der Waals surface area contributed by atoms with Gasteiger partial charge in [0.15, 0.2) is 0 Å². The first-order chi connectivity index (χ1) is 13.8. The SMILES string of the molecule is O=C(c1ccccc1)c1cccn1S(=O)(=O)c1cc(C(F)(F)F)cc(C(F)(F)F)c1. The fraction of sp³-hybridized carbons (Fsp3) is 0.105. The molecular weight excluding hydrogens is 436 g/mol. The third-order valence-electron chi connectivity index (χ3n) is 4.10. The van der Waals surface area contributed by atoms with Gasteiger partial charge in [0.25, 0.3) is 10.0 Å². The van der Waals surface area contributed by atoms with Crippen molar-refractivity contribution in [3.63, 3.8) is 0 Å². The van der Waals surface area contributed by atoms with Crippen molar-refractivity contribution in [2.75, 3.05) is 0 Å². The summed E-state index contributed by atoms with van der Waals surface area (Å²) in [4.78, 5) is 11.4. The lowest BCUT2D eigenvalue weighted by Crippen LogP contribution is -2.20. The molecule has 0 bridgehead atoms. The lowest BCUT2D eigenvalue weighted by molar-refractivity contribution is -0.143. The summed E-state index contributed by atoms with van der Waals surface area (Å²) >= 11 is 0. The average Bonchev–Trinajstić information content (AvgIpc) is 3.17. The molecule has 1 heterocycles. The van der Waals surface area contributed by atoms with Crippen LogP contribution >= 0.6 is 0 Å². The van der Waals surface area contributed by atoms with Crippen molar-refractivity contribution in [2.45, 2.75) is 17.2 Å². The summed E-state index contributed by atoms with van der Waals surface area (Å²) in [7, 11) is -4.95. The van der Waals surface area contributed by atoms with Crippen molar-refractivity contribution < 1.29 is 39.6 Å². The molecule has 158 valence electrons. The van der Waals surface area contributed by atoms with E-state index in [-0.39, 0.29) is 23.8 Å². The van der Waals surface area contributed by atoms with Crippen molar-refractivity contribution in [2.24, 2.45) is 0 Å². The zero-order chi connectivity index (χ0) is 22.3.